The summed E-state index contributed by atoms with van der Waals surface area (Å²) in [5.74, 6) is -0.267. The van der Waals surface area contributed by atoms with E-state index in [1.54, 1.807) is 6.20 Å². The van der Waals surface area contributed by atoms with Gasteiger partial charge in [0.2, 0.25) is 0 Å². The third kappa shape index (κ3) is 5.41. The summed E-state index contributed by atoms with van der Waals surface area (Å²) in [6.45, 7) is 2.44. The van der Waals surface area contributed by atoms with Crippen molar-refractivity contribution in [2.24, 2.45) is 0 Å². The summed E-state index contributed by atoms with van der Waals surface area (Å²) < 4.78 is 44.5. The van der Waals surface area contributed by atoms with Crippen LogP contribution in [-0.2, 0) is 30.2 Å². The van der Waals surface area contributed by atoms with E-state index in [0.29, 0.717) is 34.9 Å². The third-order valence-electron chi connectivity index (χ3n) is 5.40. The van der Waals surface area contributed by atoms with Crippen LogP contribution in [0.1, 0.15) is 35.0 Å². The number of fused-ring (bicyclic) bond motifs is 1. The Morgan fingerprint density at radius 3 is 2.59 bits per heavy atom. The van der Waals surface area contributed by atoms with Crippen LogP contribution >= 0.6 is 11.3 Å². The second-order valence-corrected chi connectivity index (χ2v) is 8.99. The SMILES string of the molecule is CCCc1sc(-c2ccc(C(F)(F)F)cc2)nc1CCOc1ccc2[nH]cc(CC(=O)O)c2c1. The summed E-state index contributed by atoms with van der Waals surface area (Å²) in [6.07, 6.45) is -0.428. The van der Waals surface area contributed by atoms with Gasteiger partial charge in [-0.2, -0.15) is 13.2 Å². The number of nitrogens with one attached hydrogen (secondary N) is 1. The summed E-state index contributed by atoms with van der Waals surface area (Å²) >= 11 is 1.50. The minimum absolute atomic E-state index is 0.0740. The van der Waals surface area contributed by atoms with Gasteiger partial charge in [0.25, 0.3) is 0 Å². The van der Waals surface area contributed by atoms with Crippen LogP contribution in [0.4, 0.5) is 13.2 Å². The van der Waals surface area contributed by atoms with Crippen LogP contribution in [0, 0.1) is 0 Å². The number of carbonyl (C=O) groups is 1. The number of aromatic amines is 1. The molecule has 4 rings (SSSR count). The van der Waals surface area contributed by atoms with Crippen molar-refractivity contribution in [2.45, 2.75) is 38.8 Å². The van der Waals surface area contributed by atoms with Gasteiger partial charge in [-0.25, -0.2) is 4.98 Å². The summed E-state index contributed by atoms with van der Waals surface area (Å²) in [7, 11) is 0. The van der Waals surface area contributed by atoms with Crippen LogP contribution in [0.3, 0.4) is 0 Å². The largest absolute Gasteiger partial charge is 0.493 e. The maximum Gasteiger partial charge on any atom is 0.416 e. The Morgan fingerprint density at radius 1 is 1.15 bits per heavy atom. The van der Waals surface area contributed by atoms with E-state index in [1.165, 1.54) is 23.5 Å². The number of benzene rings is 2. The van der Waals surface area contributed by atoms with Crippen molar-refractivity contribution >= 4 is 28.2 Å². The van der Waals surface area contributed by atoms with Gasteiger partial charge < -0.3 is 14.8 Å². The highest BCUT2D eigenvalue weighted by molar-refractivity contribution is 7.15. The first-order chi connectivity index (χ1) is 16.2. The van der Waals surface area contributed by atoms with Crippen molar-refractivity contribution in [1.82, 2.24) is 9.97 Å². The fraction of sp³-hybridized carbons (Fsp3) is 0.280. The number of nitrogens with zero attached hydrogens (tertiary/aromatic N) is 1. The lowest BCUT2D eigenvalue weighted by atomic mass is 10.1. The van der Waals surface area contributed by atoms with Crippen molar-refractivity contribution in [3.63, 3.8) is 0 Å². The molecule has 178 valence electrons. The number of carboxylic acids is 1. The summed E-state index contributed by atoms with van der Waals surface area (Å²) in [5.41, 5.74) is 2.40. The number of halogens is 3. The van der Waals surface area contributed by atoms with E-state index in [2.05, 4.69) is 11.9 Å². The van der Waals surface area contributed by atoms with Gasteiger partial charge in [0.1, 0.15) is 10.8 Å². The molecular weight excluding hydrogens is 465 g/mol. The van der Waals surface area contributed by atoms with Crippen molar-refractivity contribution in [2.75, 3.05) is 6.61 Å². The van der Waals surface area contributed by atoms with E-state index in [4.69, 9.17) is 14.8 Å². The van der Waals surface area contributed by atoms with Crippen LogP contribution < -0.4 is 4.74 Å². The zero-order valence-corrected chi connectivity index (χ0v) is 19.2. The molecule has 0 aliphatic carbocycles. The second-order valence-electron chi connectivity index (χ2n) is 7.90. The molecule has 2 N–H and O–H groups in total. The van der Waals surface area contributed by atoms with Gasteiger partial charge in [-0.1, -0.05) is 25.5 Å². The van der Waals surface area contributed by atoms with Gasteiger partial charge >= 0.3 is 12.1 Å². The average molecular weight is 489 g/mol. The number of aromatic nitrogens is 2. The highest BCUT2D eigenvalue weighted by atomic mass is 32.1. The molecule has 0 fully saturated rings. The number of hydrogen-bond acceptors (Lipinski definition) is 4. The Morgan fingerprint density at radius 2 is 1.91 bits per heavy atom. The van der Waals surface area contributed by atoms with Gasteiger partial charge in [-0.05, 0) is 42.3 Å². The molecule has 0 saturated carbocycles. The predicted molar refractivity (Wildman–Crippen MR) is 125 cm³/mol. The maximum absolute atomic E-state index is 12.9. The molecule has 0 unspecified atom stereocenters. The third-order valence-corrected chi connectivity index (χ3v) is 6.61. The Hall–Kier alpha value is -3.33. The number of rotatable bonds is 9. The van der Waals surface area contributed by atoms with Crippen molar-refractivity contribution in [3.05, 3.63) is 70.4 Å². The zero-order chi connectivity index (χ0) is 24.3. The Balaban J connectivity index is 1.47. The first kappa shape index (κ1) is 23.8. The monoisotopic (exact) mass is 488 g/mol. The number of alkyl halides is 3. The van der Waals surface area contributed by atoms with E-state index in [9.17, 15) is 18.0 Å². The number of H-pyrrole nitrogens is 1. The van der Waals surface area contributed by atoms with E-state index < -0.39 is 17.7 Å². The van der Waals surface area contributed by atoms with Crippen LogP contribution in [0.5, 0.6) is 5.75 Å². The summed E-state index contributed by atoms with van der Waals surface area (Å²) in [6, 6.07) is 10.6. The van der Waals surface area contributed by atoms with Crippen molar-refractivity contribution in [3.8, 4) is 16.3 Å². The number of aryl methyl sites for hydroxylation is 1. The molecule has 0 radical (unpaired) electrons. The molecule has 0 aliphatic rings. The van der Waals surface area contributed by atoms with Crippen molar-refractivity contribution in [1.29, 1.82) is 0 Å². The van der Waals surface area contributed by atoms with Crippen LogP contribution in [0.25, 0.3) is 21.5 Å². The number of carboxylic acid groups (broad SMARTS) is 1. The number of ether oxygens (including phenoxy) is 1. The molecule has 0 saturated heterocycles. The standard InChI is InChI=1S/C25H23F3N2O3S/c1-2-3-22-21(30-24(34-22)15-4-6-17(7-5-15)25(26,27)28)10-11-33-18-8-9-20-19(13-18)16(14-29-20)12-23(31)32/h4-9,13-14,29H,2-3,10-12H2,1H3,(H,31,32). The lowest BCUT2D eigenvalue weighted by molar-refractivity contribution is -0.138. The van der Waals surface area contributed by atoms with E-state index in [0.717, 1.165) is 46.4 Å². The smallest absolute Gasteiger partial charge is 0.416 e. The molecule has 34 heavy (non-hydrogen) atoms. The van der Waals surface area contributed by atoms with E-state index >= 15 is 0 Å². The Kier molecular flexibility index (Phi) is 6.92. The predicted octanol–water partition coefficient (Wildman–Crippen LogP) is 6.51. The maximum atomic E-state index is 12.9. The van der Waals surface area contributed by atoms with E-state index in [1.807, 2.05) is 18.2 Å². The summed E-state index contributed by atoms with van der Waals surface area (Å²) in [5, 5.41) is 10.6. The molecule has 0 atom stereocenters. The highest BCUT2D eigenvalue weighted by Gasteiger charge is 2.30. The van der Waals surface area contributed by atoms with Gasteiger partial charge in [0, 0.05) is 34.0 Å². The quantitative estimate of drug-likeness (QED) is 0.282. The number of aliphatic carboxylic acids is 1. The minimum Gasteiger partial charge on any atom is -0.493 e. The fourth-order valence-corrected chi connectivity index (χ4v) is 4.96. The molecule has 4 aromatic rings. The van der Waals surface area contributed by atoms with Crippen molar-refractivity contribution < 1.29 is 27.8 Å². The molecule has 2 heterocycles. The lowest BCUT2D eigenvalue weighted by Crippen LogP contribution is -2.04. The molecule has 0 spiro atoms. The molecule has 2 aromatic carbocycles. The minimum atomic E-state index is -4.37. The zero-order valence-electron chi connectivity index (χ0n) is 18.4. The normalized spacial score (nSPS) is 11.8. The van der Waals surface area contributed by atoms with Gasteiger partial charge in [-0.15, -0.1) is 11.3 Å². The molecule has 0 bridgehead atoms. The number of hydrogen-bond donors (Lipinski definition) is 2. The van der Waals surface area contributed by atoms with Gasteiger partial charge in [0.15, 0.2) is 0 Å². The van der Waals surface area contributed by atoms with E-state index in [-0.39, 0.29) is 6.42 Å². The lowest BCUT2D eigenvalue weighted by Gasteiger charge is -2.07. The van der Waals surface area contributed by atoms with Crippen LogP contribution in [0.2, 0.25) is 0 Å². The summed E-state index contributed by atoms with van der Waals surface area (Å²) in [4.78, 5) is 19.9. The molecule has 0 aliphatic heterocycles. The Bertz CT molecular complexity index is 1290. The first-order valence-corrected chi connectivity index (χ1v) is 11.7. The molecule has 2 aromatic heterocycles. The van der Waals surface area contributed by atoms with Crippen LogP contribution in [-0.4, -0.2) is 27.7 Å². The Labute approximate surface area is 198 Å². The first-order valence-electron chi connectivity index (χ1n) is 10.9. The average Bonchev–Trinajstić information content (AvgIpc) is 3.37. The van der Waals surface area contributed by atoms with Gasteiger partial charge in [-0.3, -0.25) is 4.79 Å². The molecule has 9 heteroatoms. The van der Waals surface area contributed by atoms with Gasteiger partial charge in [0.05, 0.1) is 24.3 Å². The fourth-order valence-electron chi connectivity index (χ4n) is 3.75. The van der Waals surface area contributed by atoms with Crippen LogP contribution in [0.15, 0.2) is 48.7 Å². The molecule has 0 amide bonds. The highest BCUT2D eigenvalue weighted by Crippen LogP contribution is 2.33. The molecule has 5 nitrogen and oxygen atoms in total. The number of thiazole rings is 1. The second kappa shape index (κ2) is 9.89. The topological polar surface area (TPSA) is 75.2 Å². The molecular formula is C25H23F3N2O3S.